The summed E-state index contributed by atoms with van der Waals surface area (Å²) in [5, 5.41) is 5.63. The summed E-state index contributed by atoms with van der Waals surface area (Å²) < 4.78 is 13.8. The molecule has 0 aromatic heterocycles. The summed E-state index contributed by atoms with van der Waals surface area (Å²) in [5.41, 5.74) is 1.60. The topological polar surface area (TPSA) is 64.7 Å². The lowest BCUT2D eigenvalue weighted by atomic mass is 10.2. The fourth-order valence-corrected chi connectivity index (χ4v) is 3.45. The van der Waals surface area contributed by atoms with Gasteiger partial charge in [-0.2, -0.15) is 0 Å². The van der Waals surface area contributed by atoms with Crippen LogP contribution in [0.15, 0.2) is 48.5 Å². The minimum atomic E-state index is -0.607. The maximum Gasteiger partial charge on any atom is 0.260 e. The van der Waals surface area contributed by atoms with Crippen LogP contribution in [0.4, 0.5) is 15.8 Å². The van der Waals surface area contributed by atoms with Crippen LogP contribution in [-0.4, -0.2) is 48.0 Å². The van der Waals surface area contributed by atoms with Crippen LogP contribution in [0, 0.1) is 5.82 Å². The third kappa shape index (κ3) is 5.08. The predicted molar refractivity (Wildman–Crippen MR) is 116 cm³/mol. The van der Waals surface area contributed by atoms with Crippen LogP contribution in [-0.2, 0) is 4.79 Å². The first-order chi connectivity index (χ1) is 14.0. The number of carbonyl (C=O) groups is 2. The number of carbonyl (C=O) groups excluding carboxylic acids is 2. The molecule has 1 fully saturated rings. The third-order valence-corrected chi connectivity index (χ3v) is 4.98. The second-order valence-corrected chi connectivity index (χ2v) is 7.03. The van der Waals surface area contributed by atoms with Crippen LogP contribution >= 0.6 is 12.2 Å². The average molecular weight is 415 g/mol. The molecule has 0 aliphatic carbocycles. The second-order valence-electron chi connectivity index (χ2n) is 6.63. The predicted octanol–water partition coefficient (Wildman–Crippen LogP) is 3.01. The van der Waals surface area contributed by atoms with Crippen LogP contribution in [0.3, 0.4) is 0 Å². The highest BCUT2D eigenvalue weighted by atomic mass is 32.1. The normalized spacial score (nSPS) is 13.7. The number of hydrogen-bond donors (Lipinski definition) is 2. The number of nitrogens with one attached hydrogen (secondary N) is 2. The lowest BCUT2D eigenvalue weighted by Gasteiger charge is -2.37. The molecule has 1 aliphatic rings. The first-order valence-corrected chi connectivity index (χ1v) is 9.89. The number of benzene rings is 2. The van der Waals surface area contributed by atoms with Gasteiger partial charge < -0.3 is 15.1 Å². The van der Waals surface area contributed by atoms with E-state index in [2.05, 4.69) is 15.5 Å². The van der Waals surface area contributed by atoms with Crippen LogP contribution in [0.2, 0.25) is 0 Å². The van der Waals surface area contributed by atoms with Crippen molar-refractivity contribution in [3.05, 3.63) is 59.9 Å². The molecule has 2 amide bonds. The summed E-state index contributed by atoms with van der Waals surface area (Å²) in [6.45, 7) is 4.60. The zero-order valence-corrected chi connectivity index (χ0v) is 17.0. The molecule has 0 spiro atoms. The summed E-state index contributed by atoms with van der Waals surface area (Å²) >= 11 is 5.25. The largest absolute Gasteiger partial charge is 0.366 e. The van der Waals surface area contributed by atoms with Gasteiger partial charge in [-0.3, -0.25) is 14.9 Å². The van der Waals surface area contributed by atoms with E-state index in [1.807, 2.05) is 36.1 Å². The second kappa shape index (κ2) is 9.47. The first kappa shape index (κ1) is 20.7. The Morgan fingerprint density at radius 3 is 2.38 bits per heavy atom. The van der Waals surface area contributed by atoms with Crippen molar-refractivity contribution >= 4 is 40.5 Å². The minimum absolute atomic E-state index is 0.0679. The van der Waals surface area contributed by atoms with Gasteiger partial charge in [0.05, 0.1) is 16.9 Å². The van der Waals surface area contributed by atoms with Gasteiger partial charge >= 0.3 is 0 Å². The van der Waals surface area contributed by atoms with Gasteiger partial charge in [-0.15, -0.1) is 0 Å². The van der Waals surface area contributed by atoms with Crippen molar-refractivity contribution < 1.29 is 14.0 Å². The summed E-state index contributed by atoms with van der Waals surface area (Å²) in [6, 6.07) is 13.3. The number of hydrogen-bond acceptors (Lipinski definition) is 4. The van der Waals surface area contributed by atoms with Crippen molar-refractivity contribution in [2.45, 2.75) is 13.3 Å². The summed E-state index contributed by atoms with van der Waals surface area (Å²) in [4.78, 5) is 28.2. The van der Waals surface area contributed by atoms with E-state index in [1.54, 1.807) is 6.07 Å². The number of nitrogens with zero attached hydrogens (tertiary/aromatic N) is 2. The Kier molecular flexibility index (Phi) is 6.77. The van der Waals surface area contributed by atoms with E-state index in [0.29, 0.717) is 32.6 Å². The summed E-state index contributed by atoms with van der Waals surface area (Å²) in [5.74, 6) is -1.05. The number of halogens is 1. The number of amides is 2. The number of anilines is 2. The Hall–Kier alpha value is -3.00. The molecule has 1 heterocycles. The zero-order chi connectivity index (χ0) is 20.8. The van der Waals surface area contributed by atoms with Crippen molar-refractivity contribution in [2.24, 2.45) is 0 Å². The van der Waals surface area contributed by atoms with Gasteiger partial charge in [-0.05, 0) is 36.5 Å². The van der Waals surface area contributed by atoms with E-state index in [1.165, 1.54) is 18.2 Å². The maximum absolute atomic E-state index is 13.8. The molecule has 29 heavy (non-hydrogen) atoms. The highest BCUT2D eigenvalue weighted by Gasteiger charge is 2.22. The lowest BCUT2D eigenvalue weighted by Crippen LogP contribution is -2.48. The lowest BCUT2D eigenvalue weighted by molar-refractivity contribution is -0.131. The van der Waals surface area contributed by atoms with E-state index in [9.17, 15) is 14.0 Å². The zero-order valence-electron chi connectivity index (χ0n) is 16.2. The van der Waals surface area contributed by atoms with Gasteiger partial charge in [-0.25, -0.2) is 4.39 Å². The van der Waals surface area contributed by atoms with Gasteiger partial charge in [0.2, 0.25) is 5.91 Å². The molecular formula is C21H23FN4O2S. The summed E-state index contributed by atoms with van der Waals surface area (Å²) in [6.07, 6.45) is 0.508. The van der Waals surface area contributed by atoms with Gasteiger partial charge in [0, 0.05) is 32.6 Å². The van der Waals surface area contributed by atoms with Crippen LogP contribution < -0.4 is 15.5 Å². The highest BCUT2D eigenvalue weighted by molar-refractivity contribution is 7.80. The molecule has 2 aromatic rings. The molecule has 0 bridgehead atoms. The molecule has 1 aliphatic heterocycles. The molecule has 1 saturated heterocycles. The Morgan fingerprint density at radius 1 is 1.03 bits per heavy atom. The van der Waals surface area contributed by atoms with Crippen LogP contribution in [0.5, 0.6) is 0 Å². The molecule has 0 unspecified atom stereocenters. The van der Waals surface area contributed by atoms with Gasteiger partial charge in [0.25, 0.3) is 5.91 Å². The Labute approximate surface area is 174 Å². The van der Waals surface area contributed by atoms with Gasteiger partial charge in [-0.1, -0.05) is 31.2 Å². The quantitative estimate of drug-likeness (QED) is 0.753. The van der Waals surface area contributed by atoms with Crippen molar-refractivity contribution in [3.63, 3.8) is 0 Å². The molecule has 0 radical (unpaired) electrons. The fourth-order valence-electron chi connectivity index (χ4n) is 3.24. The number of rotatable bonds is 4. The molecule has 2 aromatic carbocycles. The van der Waals surface area contributed by atoms with Gasteiger partial charge in [0.1, 0.15) is 5.82 Å². The van der Waals surface area contributed by atoms with Crippen LogP contribution in [0.25, 0.3) is 0 Å². The average Bonchev–Trinajstić information content (AvgIpc) is 2.74. The van der Waals surface area contributed by atoms with E-state index in [-0.39, 0.29) is 16.6 Å². The smallest absolute Gasteiger partial charge is 0.260 e. The summed E-state index contributed by atoms with van der Waals surface area (Å²) in [7, 11) is 0. The SMILES string of the molecule is CCC(=O)N1CCN(c2ccccc2NC(=S)NC(=O)c2ccccc2F)CC1. The van der Waals surface area contributed by atoms with Crippen LogP contribution in [0.1, 0.15) is 23.7 Å². The standard InChI is InChI=1S/C21H23FN4O2S/c1-2-19(27)26-13-11-25(12-14-26)18-10-6-5-9-17(18)23-21(29)24-20(28)15-7-3-4-8-16(15)22/h3-10H,2,11-14H2,1H3,(H2,23,24,28,29). The Bertz CT molecular complexity index is 913. The van der Waals surface area contributed by atoms with Crippen molar-refractivity contribution in [1.82, 2.24) is 10.2 Å². The highest BCUT2D eigenvalue weighted by Crippen LogP contribution is 2.26. The van der Waals surface area contributed by atoms with Crippen molar-refractivity contribution in [1.29, 1.82) is 0 Å². The first-order valence-electron chi connectivity index (χ1n) is 9.48. The van der Waals surface area contributed by atoms with E-state index < -0.39 is 11.7 Å². The third-order valence-electron chi connectivity index (χ3n) is 4.77. The van der Waals surface area contributed by atoms with Crippen molar-refractivity contribution in [3.8, 4) is 0 Å². The molecule has 6 nitrogen and oxygen atoms in total. The maximum atomic E-state index is 13.8. The fraction of sp³-hybridized carbons (Fsp3) is 0.286. The molecule has 8 heteroatoms. The number of piperazine rings is 1. The van der Waals surface area contributed by atoms with Crippen molar-refractivity contribution in [2.75, 3.05) is 36.4 Å². The monoisotopic (exact) mass is 414 g/mol. The van der Waals surface area contributed by atoms with E-state index >= 15 is 0 Å². The van der Waals surface area contributed by atoms with E-state index in [4.69, 9.17) is 12.2 Å². The number of para-hydroxylation sites is 2. The molecular weight excluding hydrogens is 391 g/mol. The Balaban J connectivity index is 1.65. The number of thiocarbonyl (C=S) groups is 1. The molecule has 0 atom stereocenters. The molecule has 152 valence electrons. The minimum Gasteiger partial charge on any atom is -0.366 e. The van der Waals surface area contributed by atoms with Gasteiger partial charge in [0.15, 0.2) is 5.11 Å². The molecule has 0 saturated carbocycles. The van der Waals surface area contributed by atoms with E-state index in [0.717, 1.165) is 11.4 Å². The molecule has 2 N–H and O–H groups in total. The Morgan fingerprint density at radius 2 is 1.69 bits per heavy atom. The molecule has 3 rings (SSSR count).